The SMILES string of the molecule is CC(Nc1ncc(C(F)(F)F)s1)C(=O)NC(C)(C)C. The van der Waals surface area contributed by atoms with Crippen LogP contribution in [0, 0.1) is 0 Å². The molecule has 2 N–H and O–H groups in total. The minimum atomic E-state index is -4.41. The van der Waals surface area contributed by atoms with E-state index in [-0.39, 0.29) is 11.0 Å². The number of amides is 1. The Kier molecular flexibility index (Phi) is 4.44. The number of nitrogens with one attached hydrogen (secondary N) is 2. The molecule has 0 aliphatic heterocycles. The molecule has 0 saturated heterocycles. The molecule has 1 atom stereocenters. The van der Waals surface area contributed by atoms with Crippen molar-refractivity contribution in [1.82, 2.24) is 10.3 Å². The number of hydrogen-bond acceptors (Lipinski definition) is 4. The van der Waals surface area contributed by atoms with Gasteiger partial charge in [-0.25, -0.2) is 4.98 Å². The quantitative estimate of drug-likeness (QED) is 0.901. The first-order valence-electron chi connectivity index (χ1n) is 5.60. The van der Waals surface area contributed by atoms with Crippen molar-refractivity contribution in [2.75, 3.05) is 5.32 Å². The second-order valence-electron chi connectivity index (χ2n) is 5.13. The molecule has 1 aromatic heterocycles. The normalized spacial score (nSPS) is 14.1. The average Bonchev–Trinajstić information content (AvgIpc) is 2.62. The third kappa shape index (κ3) is 5.06. The monoisotopic (exact) mass is 295 g/mol. The first kappa shape index (κ1) is 15.7. The molecule has 1 rings (SSSR count). The Morgan fingerprint density at radius 3 is 2.37 bits per heavy atom. The van der Waals surface area contributed by atoms with Gasteiger partial charge in [0.15, 0.2) is 5.13 Å². The predicted molar refractivity (Wildman–Crippen MR) is 68.1 cm³/mol. The Labute approximate surface area is 113 Å². The average molecular weight is 295 g/mol. The van der Waals surface area contributed by atoms with Crippen LogP contribution in [0.5, 0.6) is 0 Å². The molecule has 8 heteroatoms. The van der Waals surface area contributed by atoms with E-state index < -0.39 is 22.6 Å². The van der Waals surface area contributed by atoms with Gasteiger partial charge in [0, 0.05) is 5.54 Å². The van der Waals surface area contributed by atoms with E-state index in [0.717, 1.165) is 6.20 Å². The van der Waals surface area contributed by atoms with Crippen molar-refractivity contribution in [1.29, 1.82) is 0 Å². The lowest BCUT2D eigenvalue weighted by molar-refractivity contribution is -0.134. The number of rotatable bonds is 3. The number of carbonyl (C=O) groups is 1. The number of alkyl halides is 3. The number of halogens is 3. The van der Waals surface area contributed by atoms with Gasteiger partial charge < -0.3 is 10.6 Å². The van der Waals surface area contributed by atoms with Crippen LogP contribution in [0.1, 0.15) is 32.6 Å². The van der Waals surface area contributed by atoms with Crippen LogP contribution >= 0.6 is 11.3 Å². The van der Waals surface area contributed by atoms with Gasteiger partial charge in [-0.2, -0.15) is 13.2 Å². The summed E-state index contributed by atoms with van der Waals surface area (Å²) in [6, 6.07) is -0.661. The number of nitrogens with zero attached hydrogens (tertiary/aromatic N) is 1. The molecule has 0 aliphatic rings. The molecular weight excluding hydrogens is 279 g/mol. The number of carbonyl (C=O) groups excluding carboxylic acids is 1. The van der Waals surface area contributed by atoms with Crippen LogP contribution in [0.2, 0.25) is 0 Å². The first-order chi connectivity index (χ1) is 8.49. The standard InChI is InChI=1S/C11H16F3N3OS/c1-6(8(18)17-10(2,3)4)16-9-15-5-7(19-9)11(12,13)14/h5-6H,1-4H3,(H,15,16)(H,17,18). The van der Waals surface area contributed by atoms with Crippen LogP contribution in [0.4, 0.5) is 18.3 Å². The fraction of sp³-hybridized carbons (Fsp3) is 0.636. The maximum absolute atomic E-state index is 12.4. The molecule has 4 nitrogen and oxygen atoms in total. The van der Waals surface area contributed by atoms with Crippen LogP contribution in [0.15, 0.2) is 6.20 Å². The van der Waals surface area contributed by atoms with Gasteiger partial charge >= 0.3 is 6.18 Å². The smallest absolute Gasteiger partial charge is 0.350 e. The molecule has 19 heavy (non-hydrogen) atoms. The van der Waals surface area contributed by atoms with Crippen molar-refractivity contribution in [3.05, 3.63) is 11.1 Å². The third-order valence-electron chi connectivity index (χ3n) is 2.02. The van der Waals surface area contributed by atoms with Gasteiger partial charge in [0.2, 0.25) is 5.91 Å². The summed E-state index contributed by atoms with van der Waals surface area (Å²) in [4.78, 5) is 14.6. The van der Waals surface area contributed by atoms with Gasteiger partial charge in [-0.1, -0.05) is 11.3 Å². The Balaban J connectivity index is 2.65. The van der Waals surface area contributed by atoms with Gasteiger partial charge in [0.1, 0.15) is 10.9 Å². The van der Waals surface area contributed by atoms with E-state index in [1.165, 1.54) is 0 Å². The van der Waals surface area contributed by atoms with Crippen molar-refractivity contribution < 1.29 is 18.0 Å². The molecule has 1 unspecified atom stereocenters. The minimum absolute atomic E-state index is 0.0730. The second-order valence-corrected chi connectivity index (χ2v) is 6.16. The van der Waals surface area contributed by atoms with Gasteiger partial charge in [-0.15, -0.1) is 0 Å². The molecular formula is C11H16F3N3OS. The number of anilines is 1. The first-order valence-corrected chi connectivity index (χ1v) is 6.42. The molecule has 0 bridgehead atoms. The molecule has 1 amide bonds. The summed E-state index contributed by atoms with van der Waals surface area (Å²) in [7, 11) is 0. The highest BCUT2D eigenvalue weighted by Crippen LogP contribution is 2.35. The fourth-order valence-corrected chi connectivity index (χ4v) is 1.97. The zero-order chi connectivity index (χ0) is 14.8. The summed E-state index contributed by atoms with van der Waals surface area (Å²) in [5.74, 6) is -0.295. The third-order valence-corrected chi connectivity index (χ3v) is 2.99. The van der Waals surface area contributed by atoms with Crippen molar-refractivity contribution >= 4 is 22.4 Å². The molecule has 0 aliphatic carbocycles. The van der Waals surface area contributed by atoms with Crippen molar-refractivity contribution in [2.45, 2.75) is 45.5 Å². The summed E-state index contributed by atoms with van der Waals surface area (Å²) in [6.45, 7) is 7.03. The van der Waals surface area contributed by atoms with Gasteiger partial charge in [-0.3, -0.25) is 4.79 Å². The lowest BCUT2D eigenvalue weighted by Crippen LogP contribution is -2.47. The molecule has 0 aromatic carbocycles. The van der Waals surface area contributed by atoms with Gasteiger partial charge in [0.05, 0.1) is 6.20 Å². The highest BCUT2D eigenvalue weighted by atomic mass is 32.1. The topological polar surface area (TPSA) is 54.0 Å². The minimum Gasteiger partial charge on any atom is -0.350 e. The van der Waals surface area contributed by atoms with Crippen molar-refractivity contribution in [3.8, 4) is 0 Å². The Bertz CT molecular complexity index is 451. The largest absolute Gasteiger partial charge is 0.427 e. The molecule has 1 aromatic rings. The molecule has 108 valence electrons. The van der Waals surface area contributed by atoms with Crippen LogP contribution in [0.3, 0.4) is 0 Å². The van der Waals surface area contributed by atoms with E-state index in [4.69, 9.17) is 0 Å². The van der Waals surface area contributed by atoms with Crippen LogP contribution in [-0.2, 0) is 11.0 Å². The highest BCUT2D eigenvalue weighted by molar-refractivity contribution is 7.15. The summed E-state index contributed by atoms with van der Waals surface area (Å²) in [5.41, 5.74) is -0.396. The summed E-state index contributed by atoms with van der Waals surface area (Å²) >= 11 is 0.476. The summed E-state index contributed by atoms with van der Waals surface area (Å²) < 4.78 is 37.1. The van der Waals surface area contributed by atoms with Gasteiger partial charge in [0.25, 0.3) is 0 Å². The molecule has 0 fully saturated rings. The van der Waals surface area contributed by atoms with Crippen molar-refractivity contribution in [3.63, 3.8) is 0 Å². The predicted octanol–water partition coefficient (Wildman–Crippen LogP) is 2.88. The maximum Gasteiger partial charge on any atom is 0.427 e. The number of aromatic nitrogens is 1. The van der Waals surface area contributed by atoms with E-state index in [2.05, 4.69) is 15.6 Å². The van der Waals surface area contributed by atoms with E-state index >= 15 is 0 Å². The van der Waals surface area contributed by atoms with E-state index in [0.29, 0.717) is 11.3 Å². The molecule has 0 radical (unpaired) electrons. The summed E-state index contributed by atoms with van der Waals surface area (Å²) in [6.07, 6.45) is -3.66. The Morgan fingerprint density at radius 2 is 1.95 bits per heavy atom. The molecule has 0 saturated carbocycles. The zero-order valence-corrected chi connectivity index (χ0v) is 11.9. The number of hydrogen-bond donors (Lipinski definition) is 2. The van der Waals surface area contributed by atoms with E-state index in [9.17, 15) is 18.0 Å². The Morgan fingerprint density at radius 1 is 1.37 bits per heavy atom. The summed E-state index contributed by atoms with van der Waals surface area (Å²) in [5, 5.41) is 5.45. The van der Waals surface area contributed by atoms with Crippen LogP contribution in [-0.4, -0.2) is 22.5 Å². The fourth-order valence-electron chi connectivity index (χ4n) is 1.20. The Hall–Kier alpha value is -1.31. The molecule has 1 heterocycles. The lowest BCUT2D eigenvalue weighted by atomic mass is 10.1. The molecule has 0 spiro atoms. The van der Waals surface area contributed by atoms with E-state index in [1.807, 2.05) is 20.8 Å². The maximum atomic E-state index is 12.4. The lowest BCUT2D eigenvalue weighted by Gasteiger charge is -2.23. The number of thiazole rings is 1. The van der Waals surface area contributed by atoms with Gasteiger partial charge in [-0.05, 0) is 27.7 Å². The van der Waals surface area contributed by atoms with Crippen LogP contribution < -0.4 is 10.6 Å². The van der Waals surface area contributed by atoms with E-state index in [1.54, 1.807) is 6.92 Å². The highest BCUT2D eigenvalue weighted by Gasteiger charge is 2.33. The second kappa shape index (κ2) is 5.36. The zero-order valence-electron chi connectivity index (χ0n) is 11.1. The van der Waals surface area contributed by atoms with Crippen molar-refractivity contribution in [2.24, 2.45) is 0 Å². The van der Waals surface area contributed by atoms with Crippen LogP contribution in [0.25, 0.3) is 0 Å².